The number of aromatic nitrogens is 4. The Hall–Kier alpha value is -3.11. The first kappa shape index (κ1) is 18.3. The van der Waals surface area contributed by atoms with E-state index >= 15 is 0 Å². The maximum Gasteiger partial charge on any atom is 0.260 e. The SMILES string of the molecule is O=C(Nc1nnc(SCc2cc(=O)n3ccccc3n2)s1)c1ccccc1F. The number of amides is 1. The standard InChI is InChI=1S/C18H12FN5O2S2/c19-13-6-2-1-5-12(13)16(26)21-17-22-23-18(28-17)27-10-11-9-15(25)24-8-4-3-7-14(24)20-11/h1-9H,10H2,(H,21,22,26). The molecule has 0 radical (unpaired) electrons. The summed E-state index contributed by atoms with van der Waals surface area (Å²) in [6, 6.07) is 12.5. The van der Waals surface area contributed by atoms with Crippen LogP contribution >= 0.6 is 23.1 Å². The zero-order valence-electron chi connectivity index (χ0n) is 14.2. The number of nitrogens with zero attached hydrogens (tertiary/aromatic N) is 4. The van der Waals surface area contributed by atoms with Crippen molar-refractivity contribution in [3.05, 3.63) is 82.2 Å². The second-order valence-electron chi connectivity index (χ2n) is 5.61. The average Bonchev–Trinajstić information content (AvgIpc) is 3.14. The van der Waals surface area contributed by atoms with Crippen LogP contribution in [0.3, 0.4) is 0 Å². The van der Waals surface area contributed by atoms with Gasteiger partial charge in [0.15, 0.2) is 4.34 Å². The molecule has 0 aliphatic rings. The summed E-state index contributed by atoms with van der Waals surface area (Å²) in [5.41, 5.74) is 0.970. The molecule has 3 aromatic heterocycles. The predicted octanol–water partition coefficient (Wildman–Crippen LogP) is 3.23. The molecule has 10 heteroatoms. The first-order valence-electron chi connectivity index (χ1n) is 8.10. The molecule has 0 spiro atoms. The number of nitrogens with one attached hydrogen (secondary N) is 1. The van der Waals surface area contributed by atoms with Gasteiger partial charge in [-0.05, 0) is 24.3 Å². The highest BCUT2D eigenvalue weighted by Gasteiger charge is 2.14. The van der Waals surface area contributed by atoms with Gasteiger partial charge in [0.2, 0.25) is 5.13 Å². The normalized spacial score (nSPS) is 10.9. The molecule has 0 fully saturated rings. The summed E-state index contributed by atoms with van der Waals surface area (Å²) >= 11 is 2.51. The van der Waals surface area contributed by atoms with E-state index in [0.29, 0.717) is 21.4 Å². The van der Waals surface area contributed by atoms with Crippen molar-refractivity contribution in [1.82, 2.24) is 19.6 Å². The van der Waals surface area contributed by atoms with Crippen LogP contribution in [0.15, 0.2) is 63.9 Å². The van der Waals surface area contributed by atoms with Crippen LogP contribution in [0.2, 0.25) is 0 Å². The van der Waals surface area contributed by atoms with Crippen LogP contribution in [-0.4, -0.2) is 25.5 Å². The Morgan fingerprint density at radius 1 is 1.18 bits per heavy atom. The molecule has 7 nitrogen and oxygen atoms in total. The molecule has 0 bridgehead atoms. The van der Waals surface area contributed by atoms with Gasteiger partial charge in [0.05, 0.1) is 11.3 Å². The van der Waals surface area contributed by atoms with Crippen LogP contribution in [-0.2, 0) is 5.75 Å². The largest absolute Gasteiger partial charge is 0.296 e. The maximum absolute atomic E-state index is 13.7. The molecule has 0 aliphatic heterocycles. The number of hydrogen-bond acceptors (Lipinski definition) is 7. The van der Waals surface area contributed by atoms with Crippen LogP contribution in [0.5, 0.6) is 0 Å². The van der Waals surface area contributed by atoms with E-state index in [1.54, 1.807) is 24.4 Å². The number of fused-ring (bicyclic) bond motifs is 1. The van der Waals surface area contributed by atoms with Gasteiger partial charge < -0.3 is 0 Å². The van der Waals surface area contributed by atoms with Gasteiger partial charge in [0.25, 0.3) is 11.5 Å². The zero-order valence-corrected chi connectivity index (χ0v) is 15.8. The van der Waals surface area contributed by atoms with E-state index in [1.165, 1.54) is 40.4 Å². The third-order valence-corrected chi connectivity index (χ3v) is 5.72. The second kappa shape index (κ2) is 7.87. The third kappa shape index (κ3) is 3.92. The molecular weight excluding hydrogens is 401 g/mol. The molecule has 28 heavy (non-hydrogen) atoms. The number of rotatable bonds is 5. The lowest BCUT2D eigenvalue weighted by molar-refractivity contribution is 0.102. The lowest BCUT2D eigenvalue weighted by Crippen LogP contribution is -2.14. The van der Waals surface area contributed by atoms with Crippen molar-refractivity contribution < 1.29 is 9.18 Å². The Labute approximate surface area is 166 Å². The monoisotopic (exact) mass is 413 g/mol. The van der Waals surface area contributed by atoms with Crippen molar-refractivity contribution in [2.24, 2.45) is 0 Å². The van der Waals surface area contributed by atoms with E-state index in [1.807, 2.05) is 6.07 Å². The summed E-state index contributed by atoms with van der Waals surface area (Å²) in [7, 11) is 0. The van der Waals surface area contributed by atoms with E-state index in [-0.39, 0.29) is 16.3 Å². The third-order valence-electron chi connectivity index (χ3n) is 3.71. The van der Waals surface area contributed by atoms with Crippen molar-refractivity contribution in [1.29, 1.82) is 0 Å². The number of anilines is 1. The molecule has 1 amide bonds. The summed E-state index contributed by atoms with van der Waals surface area (Å²) in [5.74, 6) is -0.765. The van der Waals surface area contributed by atoms with Gasteiger partial charge >= 0.3 is 0 Å². The van der Waals surface area contributed by atoms with E-state index < -0.39 is 11.7 Å². The number of benzene rings is 1. The highest BCUT2D eigenvalue weighted by atomic mass is 32.2. The molecule has 4 aromatic rings. The van der Waals surface area contributed by atoms with Gasteiger partial charge in [-0.1, -0.05) is 41.3 Å². The topological polar surface area (TPSA) is 89.2 Å². The Bertz CT molecular complexity index is 1220. The summed E-state index contributed by atoms with van der Waals surface area (Å²) in [6.07, 6.45) is 1.66. The van der Waals surface area contributed by atoms with E-state index in [9.17, 15) is 14.0 Å². The minimum atomic E-state index is -0.604. The van der Waals surface area contributed by atoms with Gasteiger partial charge in [-0.2, -0.15) is 0 Å². The molecule has 0 atom stereocenters. The quantitative estimate of drug-likeness (QED) is 0.399. The van der Waals surface area contributed by atoms with E-state index in [0.717, 1.165) is 11.3 Å². The van der Waals surface area contributed by atoms with E-state index in [4.69, 9.17) is 0 Å². The molecule has 4 rings (SSSR count). The minimum absolute atomic E-state index is 0.0623. The van der Waals surface area contributed by atoms with Gasteiger partial charge in [-0.3, -0.25) is 19.3 Å². The maximum atomic E-state index is 13.7. The van der Waals surface area contributed by atoms with Crippen molar-refractivity contribution in [2.45, 2.75) is 10.1 Å². The molecule has 1 N–H and O–H groups in total. The lowest BCUT2D eigenvalue weighted by atomic mass is 10.2. The summed E-state index contributed by atoms with van der Waals surface area (Å²) in [6.45, 7) is 0. The molecule has 140 valence electrons. The van der Waals surface area contributed by atoms with Gasteiger partial charge in [0.1, 0.15) is 11.5 Å². The fourth-order valence-corrected chi connectivity index (χ4v) is 4.08. The van der Waals surface area contributed by atoms with Gasteiger partial charge in [-0.15, -0.1) is 10.2 Å². The van der Waals surface area contributed by atoms with Gasteiger partial charge in [0, 0.05) is 18.0 Å². The number of carbonyl (C=O) groups excluding carboxylic acids is 1. The fraction of sp³-hybridized carbons (Fsp3) is 0.0556. The van der Waals surface area contributed by atoms with Crippen molar-refractivity contribution in [3.63, 3.8) is 0 Å². The summed E-state index contributed by atoms with van der Waals surface area (Å²) in [5, 5.41) is 10.7. The molecule has 0 saturated carbocycles. The first-order valence-corrected chi connectivity index (χ1v) is 9.90. The van der Waals surface area contributed by atoms with E-state index in [2.05, 4.69) is 20.5 Å². The average molecular weight is 413 g/mol. The molecule has 1 aromatic carbocycles. The van der Waals surface area contributed by atoms with Crippen LogP contribution in [0.25, 0.3) is 5.65 Å². The summed E-state index contributed by atoms with van der Waals surface area (Å²) < 4.78 is 15.7. The van der Waals surface area contributed by atoms with Crippen LogP contribution < -0.4 is 10.9 Å². The molecule has 0 saturated heterocycles. The Balaban J connectivity index is 1.43. The lowest BCUT2D eigenvalue weighted by Gasteiger charge is -2.02. The number of thioether (sulfide) groups is 1. The van der Waals surface area contributed by atoms with Crippen LogP contribution in [0.4, 0.5) is 9.52 Å². The number of carbonyl (C=O) groups is 1. The summed E-state index contributed by atoms with van der Waals surface area (Å²) in [4.78, 5) is 28.7. The fourth-order valence-electron chi connectivity index (χ4n) is 2.44. The van der Waals surface area contributed by atoms with Gasteiger partial charge in [-0.25, -0.2) is 9.37 Å². The highest BCUT2D eigenvalue weighted by molar-refractivity contribution is 8.00. The Morgan fingerprint density at radius 2 is 2.00 bits per heavy atom. The van der Waals surface area contributed by atoms with Crippen molar-refractivity contribution >= 4 is 39.8 Å². The molecule has 0 unspecified atom stereocenters. The minimum Gasteiger partial charge on any atom is -0.296 e. The predicted molar refractivity (Wildman–Crippen MR) is 105 cm³/mol. The second-order valence-corrected chi connectivity index (χ2v) is 7.81. The number of pyridine rings is 1. The van der Waals surface area contributed by atoms with Crippen LogP contribution in [0, 0.1) is 5.82 Å². The molecule has 3 heterocycles. The van der Waals surface area contributed by atoms with Crippen molar-refractivity contribution in [3.8, 4) is 0 Å². The first-order chi connectivity index (χ1) is 13.6. The highest BCUT2D eigenvalue weighted by Crippen LogP contribution is 2.28. The van der Waals surface area contributed by atoms with Crippen molar-refractivity contribution in [2.75, 3.05) is 5.32 Å². The Kier molecular flexibility index (Phi) is 5.13. The van der Waals surface area contributed by atoms with Crippen LogP contribution in [0.1, 0.15) is 16.1 Å². The Morgan fingerprint density at radius 3 is 2.86 bits per heavy atom. The number of hydrogen-bond donors (Lipinski definition) is 1. The number of halogens is 1. The molecule has 0 aliphatic carbocycles. The zero-order chi connectivity index (χ0) is 19.5. The smallest absolute Gasteiger partial charge is 0.260 e. The molecular formula is C18H12FN5O2S2.